The van der Waals surface area contributed by atoms with Gasteiger partial charge in [-0.2, -0.15) is 0 Å². The van der Waals surface area contributed by atoms with Gasteiger partial charge < -0.3 is 38.3 Å². The third-order valence-corrected chi connectivity index (χ3v) is 10.2. The maximum absolute atomic E-state index is 11.2. The van der Waals surface area contributed by atoms with E-state index < -0.39 is 0 Å². The standard InChI is InChI=1S/C39H44N2O8/c1-40-14-12-24-20-31(43-3)32-21-27(24)28(40)16-22-8-10-25(11-9-22)48-33-19-23(18-30(42)36(33)45-5)17-29-34-26(13-15-41(29)2)35(44-4)38(46-6)39(47-7)37(34)49-32/h8-11,18-21,28-29,42H,12-17H2,1-7H3/t28-,29+/m1/s1. The molecule has 0 fully saturated rings. The molecule has 0 spiro atoms. The summed E-state index contributed by atoms with van der Waals surface area (Å²) in [6.07, 6.45) is 2.91. The van der Waals surface area contributed by atoms with E-state index in [9.17, 15) is 5.11 Å². The number of nitrogens with zero attached hydrogens (tertiary/aromatic N) is 2. The minimum Gasteiger partial charge on any atom is -0.504 e. The van der Waals surface area contributed by atoms with Crippen molar-refractivity contribution < 1.29 is 38.3 Å². The summed E-state index contributed by atoms with van der Waals surface area (Å²) < 4.78 is 43.1. The highest BCUT2D eigenvalue weighted by atomic mass is 16.6. The topological polar surface area (TPSA) is 91.3 Å². The Balaban J connectivity index is 1.51. The van der Waals surface area contributed by atoms with E-state index in [1.54, 1.807) is 34.5 Å². The molecule has 0 aromatic heterocycles. The van der Waals surface area contributed by atoms with E-state index in [1.807, 2.05) is 18.2 Å². The second-order valence-electron chi connectivity index (χ2n) is 12.9. The molecule has 2 atom stereocenters. The van der Waals surface area contributed by atoms with Crippen LogP contribution in [0.25, 0.3) is 0 Å². The second-order valence-corrected chi connectivity index (χ2v) is 12.9. The minimum absolute atomic E-state index is 0.00114. The molecule has 4 heterocycles. The summed E-state index contributed by atoms with van der Waals surface area (Å²) >= 11 is 0. The molecule has 4 aliphatic rings. The predicted molar refractivity (Wildman–Crippen MR) is 186 cm³/mol. The zero-order valence-electron chi connectivity index (χ0n) is 29.2. The number of benzene rings is 4. The number of phenols is 1. The quantitative estimate of drug-likeness (QED) is 0.243. The van der Waals surface area contributed by atoms with Crippen LogP contribution >= 0.6 is 0 Å². The molecular weight excluding hydrogens is 624 g/mol. The van der Waals surface area contributed by atoms with Gasteiger partial charge in [0.05, 0.1) is 35.5 Å². The van der Waals surface area contributed by atoms with Gasteiger partial charge in [-0.1, -0.05) is 12.1 Å². The fourth-order valence-corrected chi connectivity index (χ4v) is 7.69. The van der Waals surface area contributed by atoms with Crippen LogP contribution in [0.4, 0.5) is 0 Å². The molecule has 8 rings (SSSR count). The molecule has 4 aromatic carbocycles. The number of phenolic OH excluding ortho intramolecular Hbond substituents is 1. The zero-order valence-corrected chi connectivity index (χ0v) is 29.2. The van der Waals surface area contributed by atoms with E-state index in [-0.39, 0.29) is 23.6 Å². The van der Waals surface area contributed by atoms with E-state index in [0.717, 1.165) is 42.6 Å². The first-order chi connectivity index (χ1) is 23.8. The van der Waals surface area contributed by atoms with Crippen LogP contribution in [0.15, 0.2) is 48.5 Å². The fraction of sp³-hybridized carbons (Fsp3) is 0.385. The molecule has 49 heavy (non-hydrogen) atoms. The van der Waals surface area contributed by atoms with Gasteiger partial charge in [-0.25, -0.2) is 0 Å². The minimum atomic E-state index is -0.200. The van der Waals surface area contributed by atoms with Crippen molar-refractivity contribution >= 4 is 0 Å². The van der Waals surface area contributed by atoms with Crippen LogP contribution in [0.3, 0.4) is 0 Å². The second kappa shape index (κ2) is 13.2. The average Bonchev–Trinajstić information content (AvgIpc) is 3.10. The Bertz CT molecular complexity index is 1880. The van der Waals surface area contributed by atoms with Gasteiger partial charge in [0.2, 0.25) is 17.2 Å². The summed E-state index contributed by atoms with van der Waals surface area (Å²) in [4.78, 5) is 4.68. The van der Waals surface area contributed by atoms with Gasteiger partial charge in [0.15, 0.2) is 34.5 Å². The lowest BCUT2D eigenvalue weighted by Gasteiger charge is -2.38. The zero-order chi connectivity index (χ0) is 34.4. The van der Waals surface area contributed by atoms with Crippen molar-refractivity contribution in [2.24, 2.45) is 0 Å². The van der Waals surface area contributed by atoms with Crippen molar-refractivity contribution in [3.05, 3.63) is 81.9 Å². The lowest BCUT2D eigenvalue weighted by Crippen LogP contribution is -2.34. The highest BCUT2D eigenvalue weighted by Gasteiger charge is 2.38. The molecule has 10 nitrogen and oxygen atoms in total. The van der Waals surface area contributed by atoms with E-state index in [1.165, 1.54) is 23.8 Å². The maximum atomic E-state index is 11.2. The number of rotatable bonds is 5. The number of hydrogen-bond donors (Lipinski definition) is 1. The van der Waals surface area contributed by atoms with Crippen LogP contribution < -0.4 is 33.2 Å². The number of ether oxygens (including phenoxy) is 7. The lowest BCUT2D eigenvalue weighted by atomic mass is 9.86. The number of likely N-dealkylation sites (N-methyl/N-ethyl adjacent to an activating group) is 2. The first-order valence-electron chi connectivity index (χ1n) is 16.6. The Labute approximate surface area is 287 Å². The van der Waals surface area contributed by atoms with Gasteiger partial charge >= 0.3 is 0 Å². The van der Waals surface area contributed by atoms with Gasteiger partial charge in [-0.05, 0) is 98.4 Å². The molecule has 0 aliphatic carbocycles. The van der Waals surface area contributed by atoms with Gasteiger partial charge in [0.1, 0.15) is 5.75 Å². The molecule has 0 amide bonds. The van der Waals surface area contributed by atoms with Crippen LogP contribution in [0.1, 0.15) is 45.5 Å². The highest BCUT2D eigenvalue weighted by Crippen LogP contribution is 2.56. The molecule has 4 aromatic rings. The van der Waals surface area contributed by atoms with Crippen LogP contribution in [0.5, 0.6) is 57.5 Å². The molecule has 1 N–H and O–H groups in total. The Morgan fingerprint density at radius 3 is 2.02 bits per heavy atom. The fourth-order valence-electron chi connectivity index (χ4n) is 7.69. The monoisotopic (exact) mass is 668 g/mol. The van der Waals surface area contributed by atoms with Crippen LogP contribution in [-0.4, -0.2) is 77.6 Å². The largest absolute Gasteiger partial charge is 0.504 e. The van der Waals surface area contributed by atoms with Gasteiger partial charge in [-0.15, -0.1) is 0 Å². The van der Waals surface area contributed by atoms with Crippen molar-refractivity contribution in [3.63, 3.8) is 0 Å². The third kappa shape index (κ3) is 5.72. The van der Waals surface area contributed by atoms with Crippen molar-refractivity contribution in [2.75, 3.05) is 62.7 Å². The first kappa shape index (κ1) is 32.7. The number of hydrogen-bond acceptors (Lipinski definition) is 10. The van der Waals surface area contributed by atoms with Gasteiger partial charge in [-0.3, -0.25) is 9.80 Å². The molecule has 10 heteroatoms. The van der Waals surface area contributed by atoms with E-state index in [0.29, 0.717) is 58.8 Å². The van der Waals surface area contributed by atoms with Crippen molar-refractivity contribution in [1.82, 2.24) is 9.80 Å². The Kier molecular flexibility index (Phi) is 8.85. The van der Waals surface area contributed by atoms with Gasteiger partial charge in [0.25, 0.3) is 0 Å². The number of fused-ring (bicyclic) bond motifs is 2. The van der Waals surface area contributed by atoms with E-state index >= 15 is 0 Å². The summed E-state index contributed by atoms with van der Waals surface area (Å²) in [7, 11) is 12.3. The van der Waals surface area contributed by atoms with E-state index in [2.05, 4.69) is 48.2 Å². The van der Waals surface area contributed by atoms with Crippen LogP contribution in [-0.2, 0) is 25.7 Å². The predicted octanol–water partition coefficient (Wildman–Crippen LogP) is 6.88. The third-order valence-electron chi connectivity index (χ3n) is 10.2. The molecule has 258 valence electrons. The summed E-state index contributed by atoms with van der Waals surface area (Å²) in [5.74, 6) is 4.66. The summed E-state index contributed by atoms with van der Waals surface area (Å²) in [6, 6.07) is 15.9. The average molecular weight is 669 g/mol. The summed E-state index contributed by atoms with van der Waals surface area (Å²) in [5.41, 5.74) is 6.37. The van der Waals surface area contributed by atoms with Crippen molar-refractivity contribution in [1.29, 1.82) is 0 Å². The molecule has 6 bridgehead atoms. The van der Waals surface area contributed by atoms with Gasteiger partial charge in [0, 0.05) is 36.3 Å². The maximum Gasteiger partial charge on any atom is 0.208 e. The molecule has 4 aliphatic heterocycles. The molecular formula is C39H44N2O8. The highest BCUT2D eigenvalue weighted by molar-refractivity contribution is 5.70. The smallest absolute Gasteiger partial charge is 0.208 e. The number of aromatic hydroxyl groups is 1. The lowest BCUT2D eigenvalue weighted by molar-refractivity contribution is 0.215. The normalized spacial score (nSPS) is 18.7. The Hall–Kier alpha value is -4.80. The summed E-state index contributed by atoms with van der Waals surface area (Å²) in [6.45, 7) is 1.68. The first-order valence-corrected chi connectivity index (χ1v) is 16.6. The molecule has 0 radical (unpaired) electrons. The van der Waals surface area contributed by atoms with Crippen LogP contribution in [0.2, 0.25) is 0 Å². The molecule has 0 unspecified atom stereocenters. The molecule has 0 saturated heterocycles. The van der Waals surface area contributed by atoms with E-state index in [4.69, 9.17) is 33.2 Å². The SMILES string of the molecule is COc1cc2c3cc1Oc1c(OC)c(OC)c(OC)c4c1[C@H](Cc1cc(O)c(OC)c(c1)Oc1ccc(cc1)C[C@H]3N(C)CC2)N(C)CC4. The van der Waals surface area contributed by atoms with Crippen molar-refractivity contribution in [2.45, 2.75) is 37.8 Å². The molecule has 0 saturated carbocycles. The summed E-state index contributed by atoms with van der Waals surface area (Å²) in [5, 5.41) is 11.2. The number of methoxy groups -OCH3 is 5. The van der Waals surface area contributed by atoms with Crippen LogP contribution in [0, 0.1) is 0 Å². The van der Waals surface area contributed by atoms with Crippen molar-refractivity contribution in [3.8, 4) is 57.5 Å². The Morgan fingerprint density at radius 1 is 0.653 bits per heavy atom. The Morgan fingerprint density at radius 2 is 1.33 bits per heavy atom.